The summed E-state index contributed by atoms with van der Waals surface area (Å²) in [6.45, 7) is 14.7. The molecule has 2 bridgehead atoms. The molecule has 0 amide bonds. The summed E-state index contributed by atoms with van der Waals surface area (Å²) in [5, 5.41) is 24.0. The Balaban J connectivity index is 1.53. The Morgan fingerprint density at radius 2 is 1.56 bits per heavy atom. The molecule has 8 atom stereocenters. The van der Waals surface area contributed by atoms with Crippen molar-refractivity contribution >= 4 is 30.4 Å². The second kappa shape index (κ2) is 12.4. The molecular formula is C38H54O6Si. The molecule has 0 spiro atoms. The number of ketones is 1. The summed E-state index contributed by atoms with van der Waals surface area (Å²) in [6, 6.07) is 20.5. The van der Waals surface area contributed by atoms with Gasteiger partial charge in [-0.2, -0.15) is 0 Å². The highest BCUT2D eigenvalue weighted by Gasteiger charge is 2.68. The maximum atomic E-state index is 14.1. The smallest absolute Gasteiger partial charge is 0.331 e. The van der Waals surface area contributed by atoms with E-state index < -0.39 is 37.3 Å². The van der Waals surface area contributed by atoms with E-state index in [1.165, 1.54) is 0 Å². The van der Waals surface area contributed by atoms with Crippen molar-refractivity contribution in [3.63, 3.8) is 0 Å². The average molecular weight is 635 g/mol. The summed E-state index contributed by atoms with van der Waals surface area (Å²) in [7, 11) is -2.98. The van der Waals surface area contributed by atoms with Gasteiger partial charge in [0, 0.05) is 24.4 Å². The van der Waals surface area contributed by atoms with Gasteiger partial charge in [0.2, 0.25) is 0 Å². The van der Waals surface area contributed by atoms with Gasteiger partial charge >= 0.3 is 5.97 Å². The third kappa shape index (κ3) is 5.45. The molecule has 45 heavy (non-hydrogen) atoms. The molecule has 246 valence electrons. The summed E-state index contributed by atoms with van der Waals surface area (Å²) in [5.41, 5.74) is -1.62. The number of aliphatic hydroxyl groups excluding tert-OH is 2. The van der Waals surface area contributed by atoms with Gasteiger partial charge in [0.1, 0.15) is 18.5 Å². The van der Waals surface area contributed by atoms with Crippen molar-refractivity contribution < 1.29 is 29.0 Å². The summed E-state index contributed by atoms with van der Waals surface area (Å²) < 4.78 is 13.5. The van der Waals surface area contributed by atoms with Crippen LogP contribution in [0, 0.1) is 34.0 Å². The molecule has 1 unspecified atom stereocenters. The maximum absolute atomic E-state index is 14.1. The van der Waals surface area contributed by atoms with Crippen LogP contribution < -0.4 is 10.4 Å². The number of hydrogen-bond acceptors (Lipinski definition) is 6. The lowest BCUT2D eigenvalue weighted by atomic mass is 9.43. The highest BCUT2D eigenvalue weighted by Crippen LogP contribution is 2.68. The molecule has 2 aromatic rings. The topological polar surface area (TPSA) is 93.1 Å². The van der Waals surface area contributed by atoms with Gasteiger partial charge < -0.3 is 19.4 Å². The Kier molecular flexibility index (Phi) is 9.35. The zero-order valence-electron chi connectivity index (χ0n) is 28.3. The van der Waals surface area contributed by atoms with E-state index in [0.29, 0.717) is 19.3 Å². The van der Waals surface area contributed by atoms with Crippen molar-refractivity contribution in [2.45, 2.75) is 104 Å². The van der Waals surface area contributed by atoms with Crippen molar-refractivity contribution in [2.75, 3.05) is 13.2 Å². The zero-order valence-corrected chi connectivity index (χ0v) is 29.3. The molecule has 3 saturated carbocycles. The first-order chi connectivity index (χ1) is 21.2. The van der Waals surface area contributed by atoms with Crippen LogP contribution in [-0.4, -0.2) is 55.7 Å². The van der Waals surface area contributed by atoms with E-state index in [-0.39, 0.29) is 47.2 Å². The molecule has 7 heteroatoms. The lowest BCUT2D eigenvalue weighted by molar-refractivity contribution is -0.214. The Bertz CT molecular complexity index is 1320. The number of Topliss-reactive ketones (excluding diaryl/α,β-unsaturated/α-hetero) is 1. The predicted octanol–water partition coefficient (Wildman–Crippen LogP) is 5.67. The molecule has 2 N–H and O–H groups in total. The van der Waals surface area contributed by atoms with Gasteiger partial charge in [-0.3, -0.25) is 4.79 Å². The number of hydrogen-bond donors (Lipinski definition) is 2. The Hall–Kier alpha value is -2.32. The fourth-order valence-corrected chi connectivity index (χ4v) is 14.5. The van der Waals surface area contributed by atoms with Gasteiger partial charge in [-0.25, -0.2) is 4.79 Å². The molecule has 3 fully saturated rings. The van der Waals surface area contributed by atoms with Crippen LogP contribution in [0.4, 0.5) is 0 Å². The van der Waals surface area contributed by atoms with Crippen LogP contribution in [0.1, 0.15) is 87.0 Å². The highest BCUT2D eigenvalue weighted by molar-refractivity contribution is 6.99. The molecule has 0 saturated heterocycles. The minimum Gasteiger partial charge on any atom is -0.460 e. The number of esters is 1. The average Bonchev–Trinajstić information content (AvgIpc) is 3.36. The third-order valence-electron chi connectivity index (χ3n) is 12.7. The quantitative estimate of drug-likeness (QED) is 0.287. The van der Waals surface area contributed by atoms with Crippen LogP contribution >= 0.6 is 0 Å². The number of rotatable bonds is 8. The highest BCUT2D eigenvalue weighted by atomic mass is 28.4. The Labute approximate surface area is 271 Å². The molecule has 0 aliphatic heterocycles. The monoisotopic (exact) mass is 634 g/mol. The fraction of sp³-hybridized carbons (Fsp3) is 0.632. The van der Waals surface area contributed by atoms with Crippen LogP contribution in [0.25, 0.3) is 0 Å². The molecule has 5 rings (SSSR count). The summed E-state index contributed by atoms with van der Waals surface area (Å²) in [5.74, 6) is -0.454. The van der Waals surface area contributed by atoms with E-state index in [1.54, 1.807) is 0 Å². The standard InChI is InChI=1S/C38H54O6Si/c1-26-18-20-38-21-19-30(40)33(38)37(26,7)31(24-36(6,22-23-39)34(42)27(38)2)44-32(41)25-43-45(35(3,4)5,28-14-10-8-11-15-28)29-16-12-9-13-17-29/h8-17,26-27,31,33-34,39,42H,18-25H2,1-7H3/t26-,27-,31-,33?,34+,36+,37+,38+/m1/s1. The largest absolute Gasteiger partial charge is 0.460 e. The molecule has 0 aromatic heterocycles. The SMILES string of the molecule is C[C@@H]1[C@H](O)[C@@](C)(CCO)C[C@@H](OC(=O)CO[Si](c2ccccc2)(c2ccccc2)C(C)(C)C)[C@@]2(C)C3C(=O)CC[C@]31CC[C@H]2C. The number of carbonyl (C=O) groups is 2. The summed E-state index contributed by atoms with van der Waals surface area (Å²) in [6.07, 6.45) is 2.49. The molecule has 3 aliphatic rings. The minimum atomic E-state index is -2.98. The van der Waals surface area contributed by atoms with Crippen molar-refractivity contribution in [1.29, 1.82) is 0 Å². The molecule has 2 aromatic carbocycles. The van der Waals surface area contributed by atoms with Crippen LogP contribution in [0.2, 0.25) is 5.04 Å². The predicted molar refractivity (Wildman–Crippen MR) is 180 cm³/mol. The number of ether oxygens (including phenoxy) is 1. The molecule has 3 aliphatic carbocycles. The first-order valence-electron chi connectivity index (χ1n) is 16.9. The van der Waals surface area contributed by atoms with Gasteiger partial charge in [0.15, 0.2) is 0 Å². The van der Waals surface area contributed by atoms with Crippen LogP contribution in [0.3, 0.4) is 0 Å². The summed E-state index contributed by atoms with van der Waals surface area (Å²) in [4.78, 5) is 27.9. The first kappa shape index (κ1) is 34.0. The number of carbonyl (C=O) groups excluding carboxylic acids is 2. The van der Waals surface area contributed by atoms with Gasteiger partial charge in [-0.15, -0.1) is 0 Å². The normalized spacial score (nSPS) is 35.3. The van der Waals surface area contributed by atoms with Crippen LogP contribution in [0.5, 0.6) is 0 Å². The third-order valence-corrected chi connectivity index (χ3v) is 17.7. The van der Waals surface area contributed by atoms with Crippen molar-refractivity contribution in [2.24, 2.45) is 34.0 Å². The van der Waals surface area contributed by atoms with Crippen molar-refractivity contribution in [3.8, 4) is 0 Å². The first-order valence-corrected chi connectivity index (χ1v) is 18.8. The zero-order chi connectivity index (χ0) is 32.8. The van der Waals surface area contributed by atoms with Gasteiger partial charge in [-0.05, 0) is 70.2 Å². The lowest BCUT2D eigenvalue weighted by Gasteiger charge is -2.62. The molecule has 6 nitrogen and oxygen atoms in total. The van der Waals surface area contributed by atoms with Crippen molar-refractivity contribution in [1.82, 2.24) is 0 Å². The van der Waals surface area contributed by atoms with E-state index in [4.69, 9.17) is 9.16 Å². The van der Waals surface area contributed by atoms with E-state index >= 15 is 0 Å². The lowest BCUT2D eigenvalue weighted by Crippen LogP contribution is -2.67. The van der Waals surface area contributed by atoms with E-state index in [9.17, 15) is 19.8 Å². The van der Waals surface area contributed by atoms with E-state index in [0.717, 1.165) is 29.6 Å². The number of aliphatic hydroxyl groups is 2. The second-order valence-electron chi connectivity index (χ2n) is 15.9. The molecule has 0 heterocycles. The van der Waals surface area contributed by atoms with E-state index in [2.05, 4.69) is 65.8 Å². The Morgan fingerprint density at radius 3 is 2.09 bits per heavy atom. The molecular weight excluding hydrogens is 580 g/mol. The van der Waals surface area contributed by atoms with Gasteiger partial charge in [0.25, 0.3) is 8.32 Å². The number of benzene rings is 2. The second-order valence-corrected chi connectivity index (χ2v) is 20.2. The van der Waals surface area contributed by atoms with Crippen LogP contribution in [-0.2, 0) is 18.8 Å². The van der Waals surface area contributed by atoms with Gasteiger partial charge in [-0.1, -0.05) is 109 Å². The van der Waals surface area contributed by atoms with Gasteiger partial charge in [0.05, 0.1) is 6.10 Å². The van der Waals surface area contributed by atoms with E-state index in [1.807, 2.05) is 43.3 Å². The maximum Gasteiger partial charge on any atom is 0.331 e. The van der Waals surface area contributed by atoms with Crippen molar-refractivity contribution in [3.05, 3.63) is 60.7 Å². The molecule has 0 radical (unpaired) electrons. The minimum absolute atomic E-state index is 0.0699. The Morgan fingerprint density at radius 1 is 0.978 bits per heavy atom. The fourth-order valence-electron chi connectivity index (χ4n) is 9.98. The summed E-state index contributed by atoms with van der Waals surface area (Å²) >= 11 is 0. The van der Waals surface area contributed by atoms with Crippen LogP contribution in [0.15, 0.2) is 60.7 Å².